The van der Waals surface area contributed by atoms with Gasteiger partial charge in [-0.05, 0) is 24.1 Å². The lowest BCUT2D eigenvalue weighted by atomic mass is 10.1. The van der Waals surface area contributed by atoms with Gasteiger partial charge in [0, 0.05) is 10.9 Å². The van der Waals surface area contributed by atoms with Crippen LogP contribution in [0, 0.1) is 0 Å². The van der Waals surface area contributed by atoms with Gasteiger partial charge in [-0.1, -0.05) is 13.0 Å². The molecule has 1 unspecified atom stereocenters. The molecule has 0 aliphatic rings. The van der Waals surface area contributed by atoms with Crippen molar-refractivity contribution in [1.29, 1.82) is 0 Å². The summed E-state index contributed by atoms with van der Waals surface area (Å²) in [5.41, 5.74) is 0.912. The predicted octanol–water partition coefficient (Wildman–Crippen LogP) is 2.25. The molecule has 0 fully saturated rings. The molecule has 0 radical (unpaired) electrons. The van der Waals surface area contributed by atoms with Crippen LogP contribution in [0.3, 0.4) is 0 Å². The van der Waals surface area contributed by atoms with Crippen molar-refractivity contribution in [2.45, 2.75) is 13.0 Å². The van der Waals surface area contributed by atoms with E-state index in [1.165, 1.54) is 4.88 Å². The molecule has 4 nitrogen and oxygen atoms in total. The average molecular weight is 249 g/mol. The van der Waals surface area contributed by atoms with E-state index in [1.54, 1.807) is 18.4 Å². The van der Waals surface area contributed by atoms with Crippen LogP contribution in [0.5, 0.6) is 5.88 Å². The second kappa shape index (κ2) is 5.75. The fourth-order valence-corrected chi connectivity index (χ4v) is 2.42. The van der Waals surface area contributed by atoms with Gasteiger partial charge >= 0.3 is 0 Å². The molecule has 2 heterocycles. The molecule has 5 heteroatoms. The number of rotatable bonds is 5. The second-order valence-electron chi connectivity index (χ2n) is 3.51. The molecule has 90 valence electrons. The minimum absolute atomic E-state index is 0.110. The SMILES string of the molecule is CCNC(c1ccc(OC)nn1)c1cccs1. The van der Waals surface area contributed by atoms with Crippen LogP contribution in [-0.4, -0.2) is 23.9 Å². The number of hydrogen-bond donors (Lipinski definition) is 1. The molecule has 2 aromatic heterocycles. The van der Waals surface area contributed by atoms with Crippen LogP contribution in [0.2, 0.25) is 0 Å². The Morgan fingerprint density at radius 2 is 2.24 bits per heavy atom. The van der Waals surface area contributed by atoms with E-state index < -0.39 is 0 Å². The molecule has 0 aromatic carbocycles. The molecule has 0 amide bonds. The maximum atomic E-state index is 5.01. The van der Waals surface area contributed by atoms with E-state index in [9.17, 15) is 0 Å². The van der Waals surface area contributed by atoms with Gasteiger partial charge in [-0.3, -0.25) is 0 Å². The Morgan fingerprint density at radius 3 is 2.76 bits per heavy atom. The summed E-state index contributed by atoms with van der Waals surface area (Å²) in [7, 11) is 1.59. The standard InChI is InChI=1S/C12H15N3OS/c1-3-13-12(10-5-4-8-17-10)9-6-7-11(16-2)15-14-9/h4-8,12-13H,3H2,1-2H3. The van der Waals surface area contributed by atoms with Gasteiger partial charge < -0.3 is 10.1 Å². The van der Waals surface area contributed by atoms with E-state index in [4.69, 9.17) is 4.74 Å². The average Bonchev–Trinajstić information content (AvgIpc) is 2.90. The second-order valence-corrected chi connectivity index (χ2v) is 4.49. The number of methoxy groups -OCH3 is 1. The van der Waals surface area contributed by atoms with E-state index >= 15 is 0 Å². The zero-order valence-corrected chi connectivity index (χ0v) is 10.7. The zero-order valence-electron chi connectivity index (χ0n) is 9.88. The molecule has 1 atom stereocenters. The summed E-state index contributed by atoms with van der Waals surface area (Å²) in [5, 5.41) is 13.7. The van der Waals surface area contributed by atoms with Gasteiger partial charge in [0.15, 0.2) is 0 Å². The van der Waals surface area contributed by atoms with E-state index in [2.05, 4.69) is 33.9 Å². The first-order valence-corrected chi connectivity index (χ1v) is 6.37. The third-order valence-corrected chi connectivity index (χ3v) is 3.34. The van der Waals surface area contributed by atoms with Gasteiger partial charge in [0.25, 0.3) is 0 Å². The summed E-state index contributed by atoms with van der Waals surface area (Å²) in [6, 6.07) is 8.03. The minimum Gasteiger partial charge on any atom is -0.480 e. The third-order valence-electron chi connectivity index (χ3n) is 2.40. The highest BCUT2D eigenvalue weighted by atomic mass is 32.1. The Kier molecular flexibility index (Phi) is 4.06. The maximum Gasteiger partial charge on any atom is 0.233 e. The lowest BCUT2D eigenvalue weighted by Crippen LogP contribution is -2.22. The predicted molar refractivity (Wildman–Crippen MR) is 68.4 cm³/mol. The molecule has 0 aliphatic carbocycles. The Hall–Kier alpha value is -1.46. The van der Waals surface area contributed by atoms with Gasteiger partial charge in [0.05, 0.1) is 18.8 Å². The topological polar surface area (TPSA) is 47.0 Å². The van der Waals surface area contributed by atoms with E-state index in [0.717, 1.165) is 12.2 Å². The van der Waals surface area contributed by atoms with E-state index in [-0.39, 0.29) is 6.04 Å². The van der Waals surface area contributed by atoms with E-state index in [1.807, 2.05) is 18.2 Å². The normalized spacial score (nSPS) is 12.4. The Labute approximate surface area is 105 Å². The van der Waals surface area contributed by atoms with Gasteiger partial charge in [-0.15, -0.1) is 21.5 Å². The molecule has 0 bridgehead atoms. The molecule has 0 saturated carbocycles. The highest BCUT2D eigenvalue weighted by molar-refractivity contribution is 7.10. The molecule has 17 heavy (non-hydrogen) atoms. The summed E-state index contributed by atoms with van der Waals surface area (Å²) in [4.78, 5) is 1.24. The summed E-state index contributed by atoms with van der Waals surface area (Å²) < 4.78 is 5.01. The number of ether oxygens (including phenoxy) is 1. The zero-order chi connectivity index (χ0) is 12.1. The third kappa shape index (κ3) is 2.81. The quantitative estimate of drug-likeness (QED) is 0.883. The highest BCUT2D eigenvalue weighted by Crippen LogP contribution is 2.24. The summed E-state index contributed by atoms with van der Waals surface area (Å²) in [6.45, 7) is 2.97. The van der Waals surface area contributed by atoms with Crippen molar-refractivity contribution < 1.29 is 4.74 Å². The smallest absolute Gasteiger partial charge is 0.233 e. The lowest BCUT2D eigenvalue weighted by molar-refractivity contribution is 0.390. The summed E-state index contributed by atoms with van der Waals surface area (Å²) in [6.07, 6.45) is 0. The number of thiophene rings is 1. The lowest BCUT2D eigenvalue weighted by Gasteiger charge is -2.15. The first-order valence-electron chi connectivity index (χ1n) is 5.49. The molecular formula is C12H15N3OS. The van der Waals surface area contributed by atoms with E-state index in [0.29, 0.717) is 5.88 Å². The monoisotopic (exact) mass is 249 g/mol. The summed E-state index contributed by atoms with van der Waals surface area (Å²) in [5.74, 6) is 0.537. The van der Waals surface area contributed by atoms with Crippen molar-refractivity contribution in [2.75, 3.05) is 13.7 Å². The molecular weight excluding hydrogens is 234 g/mol. The van der Waals surface area contributed by atoms with Crippen LogP contribution in [0.25, 0.3) is 0 Å². The largest absolute Gasteiger partial charge is 0.480 e. The van der Waals surface area contributed by atoms with Gasteiger partial charge in [0.1, 0.15) is 0 Å². The minimum atomic E-state index is 0.110. The van der Waals surface area contributed by atoms with Crippen molar-refractivity contribution in [3.05, 3.63) is 40.2 Å². The maximum absolute atomic E-state index is 5.01. The van der Waals surface area contributed by atoms with Crippen LogP contribution >= 0.6 is 11.3 Å². The summed E-state index contributed by atoms with van der Waals surface area (Å²) >= 11 is 1.71. The molecule has 0 aliphatic heterocycles. The molecule has 2 rings (SSSR count). The Bertz CT molecular complexity index is 441. The fraction of sp³-hybridized carbons (Fsp3) is 0.333. The number of nitrogens with zero attached hydrogens (tertiary/aromatic N) is 2. The van der Waals surface area contributed by atoms with Gasteiger partial charge in [0.2, 0.25) is 5.88 Å². The highest BCUT2D eigenvalue weighted by Gasteiger charge is 2.15. The number of nitrogens with one attached hydrogen (secondary N) is 1. The number of hydrogen-bond acceptors (Lipinski definition) is 5. The van der Waals surface area contributed by atoms with Crippen molar-refractivity contribution in [2.24, 2.45) is 0 Å². The van der Waals surface area contributed by atoms with Crippen LogP contribution in [-0.2, 0) is 0 Å². The first kappa shape index (κ1) is 12.0. The van der Waals surface area contributed by atoms with Gasteiger partial charge in [-0.2, -0.15) is 0 Å². The van der Waals surface area contributed by atoms with Crippen LogP contribution < -0.4 is 10.1 Å². The van der Waals surface area contributed by atoms with Crippen LogP contribution in [0.4, 0.5) is 0 Å². The number of aromatic nitrogens is 2. The molecule has 0 spiro atoms. The van der Waals surface area contributed by atoms with Crippen LogP contribution in [0.1, 0.15) is 23.5 Å². The van der Waals surface area contributed by atoms with Crippen LogP contribution in [0.15, 0.2) is 29.6 Å². The van der Waals surface area contributed by atoms with Crippen molar-refractivity contribution in [1.82, 2.24) is 15.5 Å². The molecule has 2 aromatic rings. The Morgan fingerprint density at radius 1 is 1.35 bits per heavy atom. The Balaban J connectivity index is 2.26. The van der Waals surface area contributed by atoms with Gasteiger partial charge in [-0.25, -0.2) is 0 Å². The fourth-order valence-electron chi connectivity index (χ4n) is 1.60. The van der Waals surface area contributed by atoms with Crippen molar-refractivity contribution >= 4 is 11.3 Å². The van der Waals surface area contributed by atoms with Crippen molar-refractivity contribution in [3.8, 4) is 5.88 Å². The van der Waals surface area contributed by atoms with Crippen molar-refractivity contribution in [3.63, 3.8) is 0 Å². The molecule has 1 N–H and O–H groups in total. The molecule has 0 saturated heterocycles. The first-order chi connectivity index (χ1) is 8.35.